The van der Waals surface area contributed by atoms with Crippen molar-refractivity contribution in [2.75, 3.05) is 122 Å². The molecule has 2 aromatic carbocycles. The number of fused-ring (bicyclic) bond motifs is 2. The Kier molecular flexibility index (Phi) is 23.4. The first-order valence-electron chi connectivity index (χ1n) is 28.8. The number of halogens is 1. The standard InChI is InChI=1S/C58H86ClN11O9/c1-8-25-64(7)38-53(74)78-58-77-52(73)33-61-43(10-3)34-70(39-54(75)79-58)44(11-4)35-69(41(6)9-2)37-50(71)60-24-13-14-26-65-27-17-20-45(65)40-76-57-62-48-36-68(49-22-16-19-42-18-15-21-47(59)55(42)49)28-23-46(48)56(63-57)67-31-29-66(30-32-67)51(72)12-5/h12,15-16,18-19,21-22,41,43-45,58,61H,5,8-11,13-14,17,20,23-40H2,1-4,6-7H3,(H,60,71). The smallest absolute Gasteiger partial charge is 0.412 e. The van der Waals surface area contributed by atoms with Crippen molar-refractivity contribution in [3.05, 3.63) is 65.3 Å². The second-order valence-corrected chi connectivity index (χ2v) is 21.8. The molecule has 4 aliphatic heterocycles. The fourth-order valence-electron chi connectivity index (χ4n) is 11.2. The van der Waals surface area contributed by atoms with Crippen LogP contribution in [0, 0.1) is 0 Å². The lowest BCUT2D eigenvalue weighted by molar-refractivity contribution is -0.257. The maximum atomic E-state index is 13.7. The summed E-state index contributed by atoms with van der Waals surface area (Å²) in [5, 5.41) is 9.26. The minimum atomic E-state index is -1.81. The summed E-state index contributed by atoms with van der Waals surface area (Å²) in [5.74, 6) is -1.32. The number of carbonyl (C=O) groups excluding carboxylic acids is 5. The number of rotatable bonds is 25. The maximum absolute atomic E-state index is 13.7. The van der Waals surface area contributed by atoms with E-state index >= 15 is 0 Å². The predicted molar refractivity (Wildman–Crippen MR) is 306 cm³/mol. The van der Waals surface area contributed by atoms with Gasteiger partial charge in [-0.15, -0.1) is 0 Å². The molecule has 3 fully saturated rings. The van der Waals surface area contributed by atoms with Crippen LogP contribution in [0.5, 0.6) is 6.01 Å². The number of anilines is 2. The summed E-state index contributed by atoms with van der Waals surface area (Å²) in [4.78, 5) is 90.2. The highest BCUT2D eigenvalue weighted by atomic mass is 35.5. The Bertz CT molecular complexity index is 2530. The number of aromatic nitrogens is 2. The van der Waals surface area contributed by atoms with E-state index < -0.39 is 24.4 Å². The van der Waals surface area contributed by atoms with Crippen molar-refractivity contribution in [2.24, 2.45) is 0 Å². The molecule has 0 radical (unpaired) electrons. The lowest BCUT2D eigenvalue weighted by Crippen LogP contribution is -2.53. The first kappa shape index (κ1) is 61.0. The Morgan fingerprint density at radius 2 is 1.72 bits per heavy atom. The van der Waals surface area contributed by atoms with E-state index in [1.54, 1.807) is 11.9 Å². The third kappa shape index (κ3) is 17.2. The number of hydrogen-bond donors (Lipinski definition) is 2. The number of cyclic esters (lactones) is 2. The Morgan fingerprint density at radius 1 is 0.949 bits per heavy atom. The monoisotopic (exact) mass is 1120 g/mol. The van der Waals surface area contributed by atoms with Crippen molar-refractivity contribution in [2.45, 2.75) is 130 Å². The number of carbonyl (C=O) groups is 5. The number of benzene rings is 2. The van der Waals surface area contributed by atoms with E-state index in [1.807, 2.05) is 35.8 Å². The first-order chi connectivity index (χ1) is 38.2. The number of piperazine rings is 1. The number of ether oxygens (including phenoxy) is 4. The molecule has 0 saturated carbocycles. The predicted octanol–water partition coefficient (Wildman–Crippen LogP) is 5.24. The minimum absolute atomic E-state index is 0.0571. The molecule has 0 aliphatic carbocycles. The van der Waals surface area contributed by atoms with Gasteiger partial charge in [-0.3, -0.25) is 43.6 Å². The molecule has 5 unspecified atom stereocenters. The van der Waals surface area contributed by atoms with Crippen LogP contribution in [0.2, 0.25) is 5.02 Å². The highest BCUT2D eigenvalue weighted by Crippen LogP contribution is 2.37. The average Bonchev–Trinajstić information content (AvgIpc) is 3.92. The van der Waals surface area contributed by atoms with Crippen molar-refractivity contribution in [3.8, 4) is 6.01 Å². The molecule has 2 N–H and O–H groups in total. The van der Waals surface area contributed by atoms with Crippen LogP contribution in [0.3, 0.4) is 0 Å². The topological polar surface area (TPSA) is 195 Å². The van der Waals surface area contributed by atoms with Crippen LogP contribution in [0.4, 0.5) is 11.5 Å². The van der Waals surface area contributed by atoms with Gasteiger partial charge in [0, 0.05) is 93.2 Å². The Balaban J connectivity index is 0.923. The first-order valence-corrected chi connectivity index (χ1v) is 29.2. The molecule has 0 bridgehead atoms. The van der Waals surface area contributed by atoms with Crippen LogP contribution >= 0.6 is 11.6 Å². The van der Waals surface area contributed by atoms with E-state index in [1.165, 1.54) is 6.08 Å². The van der Waals surface area contributed by atoms with Gasteiger partial charge in [0.25, 0.3) is 0 Å². The van der Waals surface area contributed by atoms with Gasteiger partial charge in [-0.05, 0) is 115 Å². The van der Waals surface area contributed by atoms with Crippen LogP contribution in [-0.2, 0) is 51.1 Å². The number of nitrogens with one attached hydrogen (secondary N) is 2. The SMILES string of the molecule is C=CC(=O)N1CCN(c2nc(OCC3CCCN3CCCCNC(=O)CN(CC(CC)N3CC(=O)OC(OC(=O)CN(C)CCC)OC(=O)CNC(CC)C3)C(C)CC)nc3c2CCN(c2cccc4cccc(Cl)c24)C3)CC1. The van der Waals surface area contributed by atoms with Gasteiger partial charge in [0.1, 0.15) is 12.4 Å². The highest BCUT2D eigenvalue weighted by Gasteiger charge is 2.34. The van der Waals surface area contributed by atoms with Crippen molar-refractivity contribution in [1.82, 2.24) is 45.1 Å². The van der Waals surface area contributed by atoms with E-state index in [0.717, 1.165) is 103 Å². The van der Waals surface area contributed by atoms with Crippen LogP contribution < -0.4 is 25.2 Å². The maximum Gasteiger partial charge on any atom is 0.412 e. The third-order valence-corrected chi connectivity index (χ3v) is 16.2. The molecule has 7 rings (SSSR count). The number of amides is 2. The van der Waals surface area contributed by atoms with Crippen molar-refractivity contribution < 1.29 is 42.9 Å². The molecule has 4 aliphatic rings. The zero-order valence-electron chi connectivity index (χ0n) is 47.6. The lowest BCUT2D eigenvalue weighted by Gasteiger charge is -2.38. The molecule has 79 heavy (non-hydrogen) atoms. The van der Waals surface area contributed by atoms with Gasteiger partial charge in [0.2, 0.25) is 11.8 Å². The highest BCUT2D eigenvalue weighted by molar-refractivity contribution is 6.36. The molecule has 21 heteroatoms. The molecule has 5 atom stereocenters. The number of hydrogen-bond acceptors (Lipinski definition) is 18. The van der Waals surface area contributed by atoms with E-state index in [-0.39, 0.29) is 62.2 Å². The van der Waals surface area contributed by atoms with Crippen LogP contribution in [0.25, 0.3) is 10.8 Å². The fraction of sp³-hybridized carbons (Fsp3) is 0.638. The number of likely N-dealkylation sites (tertiary alicyclic amines) is 1. The zero-order valence-corrected chi connectivity index (χ0v) is 48.4. The normalized spacial score (nSPS) is 20.6. The lowest BCUT2D eigenvalue weighted by atomic mass is 10.0. The minimum Gasteiger partial charge on any atom is -0.462 e. The fourth-order valence-corrected chi connectivity index (χ4v) is 11.4. The van der Waals surface area contributed by atoms with Crippen molar-refractivity contribution >= 4 is 63.6 Å². The van der Waals surface area contributed by atoms with E-state index in [4.69, 9.17) is 40.5 Å². The molecule has 3 saturated heterocycles. The molecule has 3 aromatic rings. The van der Waals surface area contributed by atoms with Crippen LogP contribution in [0.1, 0.15) is 97.2 Å². The van der Waals surface area contributed by atoms with Gasteiger partial charge < -0.3 is 44.3 Å². The summed E-state index contributed by atoms with van der Waals surface area (Å²) in [6, 6.07) is 12.6. The second kappa shape index (κ2) is 30.3. The second-order valence-electron chi connectivity index (χ2n) is 21.4. The molecular weight excluding hydrogens is 1030 g/mol. The molecule has 434 valence electrons. The third-order valence-electron chi connectivity index (χ3n) is 15.9. The van der Waals surface area contributed by atoms with E-state index in [2.05, 4.69) is 81.8 Å². The van der Waals surface area contributed by atoms with Gasteiger partial charge in [-0.2, -0.15) is 9.97 Å². The molecule has 1 aromatic heterocycles. The number of esters is 3. The van der Waals surface area contributed by atoms with Crippen LogP contribution in [-0.4, -0.2) is 207 Å². The van der Waals surface area contributed by atoms with Crippen LogP contribution in [0.15, 0.2) is 49.1 Å². The Morgan fingerprint density at radius 3 is 2.46 bits per heavy atom. The number of likely N-dealkylation sites (N-methyl/N-ethyl adjacent to an activating group) is 1. The van der Waals surface area contributed by atoms with E-state index in [0.29, 0.717) is 84.4 Å². The zero-order chi connectivity index (χ0) is 56.4. The van der Waals surface area contributed by atoms with Gasteiger partial charge in [0.05, 0.1) is 43.4 Å². The van der Waals surface area contributed by atoms with Gasteiger partial charge in [-0.1, -0.05) is 70.1 Å². The summed E-state index contributed by atoms with van der Waals surface area (Å²) >= 11 is 6.81. The quantitative estimate of drug-likeness (QED) is 0.0635. The Hall–Kier alpha value is -5.64. The van der Waals surface area contributed by atoms with Gasteiger partial charge in [0.15, 0.2) is 0 Å². The van der Waals surface area contributed by atoms with Crippen molar-refractivity contribution in [1.29, 1.82) is 0 Å². The molecule has 2 amide bonds. The summed E-state index contributed by atoms with van der Waals surface area (Å²) in [6.07, 6.45) is 8.93. The Labute approximate surface area is 472 Å². The number of nitrogens with zero attached hydrogens (tertiary/aromatic N) is 9. The summed E-state index contributed by atoms with van der Waals surface area (Å²) < 4.78 is 22.7. The van der Waals surface area contributed by atoms with Gasteiger partial charge >= 0.3 is 30.4 Å². The summed E-state index contributed by atoms with van der Waals surface area (Å²) in [7, 11) is 1.77. The molecule has 0 spiro atoms. The largest absolute Gasteiger partial charge is 0.462 e. The average molecular weight is 1120 g/mol. The van der Waals surface area contributed by atoms with Gasteiger partial charge in [-0.25, -0.2) is 0 Å². The van der Waals surface area contributed by atoms with E-state index in [9.17, 15) is 24.0 Å². The van der Waals surface area contributed by atoms with Crippen molar-refractivity contribution in [3.63, 3.8) is 0 Å². The molecule has 20 nitrogen and oxygen atoms in total. The summed E-state index contributed by atoms with van der Waals surface area (Å²) in [6.45, 7) is 20.3. The number of unbranched alkanes of at least 4 members (excludes halogenated alkanes) is 1. The molecule has 5 heterocycles. The molecular formula is C58H86ClN11O9. The summed E-state index contributed by atoms with van der Waals surface area (Å²) in [5.41, 5.74) is 3.12.